The number of carbonyl (C=O) groups is 2. The molecular weight excluding hydrogens is 424 g/mol. The molecule has 0 spiro atoms. The standard InChI is InChI=1S/C30H22O4/c31-24-15-13-23(14-16-24)30-28(29(33)22-9-5-2-6-10-22)25-19-20(12-18-27(25)34-30)11-17-26(32)21-7-3-1-4-8-21/h1-19,28,30-31H/b17-11+/t28-,30-/m1/s1. The second kappa shape index (κ2) is 9.20. The van der Waals surface area contributed by atoms with Crippen LogP contribution in [0.1, 0.15) is 49.4 Å². The van der Waals surface area contributed by atoms with E-state index in [2.05, 4.69) is 0 Å². The van der Waals surface area contributed by atoms with Gasteiger partial charge in [-0.25, -0.2) is 0 Å². The van der Waals surface area contributed by atoms with Gasteiger partial charge in [0.1, 0.15) is 17.6 Å². The zero-order chi connectivity index (χ0) is 23.5. The number of benzene rings is 4. The third-order valence-electron chi connectivity index (χ3n) is 5.97. The highest BCUT2D eigenvalue weighted by Gasteiger charge is 2.40. The van der Waals surface area contributed by atoms with Gasteiger partial charge >= 0.3 is 0 Å². The minimum Gasteiger partial charge on any atom is -0.508 e. The molecular formula is C30H22O4. The molecule has 0 saturated carbocycles. The van der Waals surface area contributed by atoms with E-state index in [1.165, 1.54) is 0 Å². The van der Waals surface area contributed by atoms with Gasteiger partial charge in [-0.2, -0.15) is 0 Å². The lowest BCUT2D eigenvalue weighted by atomic mass is 9.84. The minimum atomic E-state index is -0.555. The summed E-state index contributed by atoms with van der Waals surface area (Å²) < 4.78 is 6.24. The van der Waals surface area contributed by atoms with Gasteiger partial charge < -0.3 is 9.84 Å². The zero-order valence-electron chi connectivity index (χ0n) is 18.3. The Bertz CT molecular complexity index is 1360. The van der Waals surface area contributed by atoms with Crippen molar-refractivity contribution in [3.8, 4) is 11.5 Å². The molecule has 34 heavy (non-hydrogen) atoms. The molecule has 0 aromatic heterocycles. The molecule has 4 aromatic rings. The highest BCUT2D eigenvalue weighted by atomic mass is 16.5. The van der Waals surface area contributed by atoms with Crippen molar-refractivity contribution in [3.05, 3.63) is 137 Å². The fraction of sp³-hybridized carbons (Fsp3) is 0.0667. The van der Waals surface area contributed by atoms with E-state index in [0.717, 1.165) is 16.7 Å². The van der Waals surface area contributed by atoms with Crippen molar-refractivity contribution in [1.82, 2.24) is 0 Å². The van der Waals surface area contributed by atoms with Gasteiger partial charge in [0.15, 0.2) is 11.6 Å². The molecule has 4 nitrogen and oxygen atoms in total. The fourth-order valence-electron chi connectivity index (χ4n) is 4.24. The Hall–Kier alpha value is -4.44. The summed E-state index contributed by atoms with van der Waals surface area (Å²) in [7, 11) is 0. The molecule has 0 fully saturated rings. The van der Waals surface area contributed by atoms with Crippen LogP contribution in [0.25, 0.3) is 6.08 Å². The van der Waals surface area contributed by atoms with Crippen molar-refractivity contribution < 1.29 is 19.4 Å². The third kappa shape index (κ3) is 4.26. The van der Waals surface area contributed by atoms with E-state index >= 15 is 0 Å². The topological polar surface area (TPSA) is 63.6 Å². The van der Waals surface area contributed by atoms with Gasteiger partial charge in [-0.1, -0.05) is 84.9 Å². The predicted molar refractivity (Wildman–Crippen MR) is 131 cm³/mol. The Morgan fingerprint density at radius 3 is 2.09 bits per heavy atom. The van der Waals surface area contributed by atoms with E-state index in [-0.39, 0.29) is 17.3 Å². The average molecular weight is 447 g/mol. The number of ketones is 2. The maximum absolute atomic E-state index is 13.6. The molecule has 1 heterocycles. The van der Waals surface area contributed by atoms with Gasteiger partial charge in [0.25, 0.3) is 0 Å². The van der Waals surface area contributed by atoms with Crippen LogP contribution in [-0.4, -0.2) is 16.7 Å². The summed E-state index contributed by atoms with van der Waals surface area (Å²) in [6.07, 6.45) is 2.78. The molecule has 0 aliphatic carbocycles. The molecule has 1 aliphatic heterocycles. The van der Waals surface area contributed by atoms with Gasteiger partial charge in [-0.3, -0.25) is 9.59 Å². The number of Topliss-reactive ketones (excluding diaryl/α,β-unsaturated/α-hetero) is 1. The molecule has 1 aliphatic rings. The lowest BCUT2D eigenvalue weighted by molar-refractivity contribution is 0.0895. The Kier molecular flexibility index (Phi) is 5.79. The van der Waals surface area contributed by atoms with Crippen LogP contribution in [-0.2, 0) is 0 Å². The smallest absolute Gasteiger partial charge is 0.185 e. The van der Waals surface area contributed by atoms with Gasteiger partial charge in [-0.15, -0.1) is 0 Å². The van der Waals surface area contributed by atoms with Crippen LogP contribution in [0.4, 0.5) is 0 Å². The maximum Gasteiger partial charge on any atom is 0.185 e. The molecule has 2 atom stereocenters. The molecule has 0 amide bonds. The Balaban J connectivity index is 1.51. The quantitative estimate of drug-likeness (QED) is 0.275. The largest absolute Gasteiger partial charge is 0.508 e. The maximum atomic E-state index is 13.6. The summed E-state index contributed by atoms with van der Waals surface area (Å²) in [5.74, 6) is 0.106. The summed E-state index contributed by atoms with van der Waals surface area (Å²) in [6, 6.07) is 30.6. The summed E-state index contributed by atoms with van der Waals surface area (Å²) in [4.78, 5) is 26.1. The molecule has 0 saturated heterocycles. The first-order valence-corrected chi connectivity index (χ1v) is 11.1. The summed E-state index contributed by atoms with van der Waals surface area (Å²) in [5.41, 5.74) is 3.62. The minimum absolute atomic E-state index is 0.0427. The first-order chi connectivity index (χ1) is 16.6. The summed E-state index contributed by atoms with van der Waals surface area (Å²) >= 11 is 0. The fourth-order valence-corrected chi connectivity index (χ4v) is 4.24. The lowest BCUT2D eigenvalue weighted by Gasteiger charge is -2.19. The number of ether oxygens (including phenoxy) is 1. The van der Waals surface area contributed by atoms with Crippen molar-refractivity contribution >= 4 is 17.6 Å². The second-order valence-electron chi connectivity index (χ2n) is 8.20. The van der Waals surface area contributed by atoms with Crippen LogP contribution in [0.15, 0.2) is 109 Å². The highest BCUT2D eigenvalue weighted by Crippen LogP contribution is 2.48. The van der Waals surface area contributed by atoms with Gasteiger partial charge in [-0.05, 0) is 41.5 Å². The molecule has 4 heteroatoms. The number of hydrogen-bond donors (Lipinski definition) is 1. The Morgan fingerprint density at radius 1 is 0.765 bits per heavy atom. The molecule has 0 radical (unpaired) electrons. The number of allylic oxidation sites excluding steroid dienone is 1. The molecule has 0 bridgehead atoms. The second-order valence-corrected chi connectivity index (χ2v) is 8.20. The van der Waals surface area contributed by atoms with Gasteiger partial charge in [0.2, 0.25) is 0 Å². The summed E-state index contributed by atoms with van der Waals surface area (Å²) in [6.45, 7) is 0. The van der Waals surface area contributed by atoms with E-state index in [0.29, 0.717) is 16.9 Å². The molecule has 4 aromatic carbocycles. The Morgan fingerprint density at radius 2 is 1.41 bits per heavy atom. The van der Waals surface area contributed by atoms with Crippen molar-refractivity contribution in [1.29, 1.82) is 0 Å². The average Bonchev–Trinajstić information content (AvgIpc) is 3.27. The van der Waals surface area contributed by atoms with Crippen LogP contribution in [0, 0.1) is 0 Å². The van der Waals surface area contributed by atoms with Crippen LogP contribution >= 0.6 is 0 Å². The number of rotatable bonds is 6. The number of hydrogen-bond acceptors (Lipinski definition) is 4. The van der Waals surface area contributed by atoms with Crippen LogP contribution in [0.3, 0.4) is 0 Å². The summed E-state index contributed by atoms with van der Waals surface area (Å²) in [5, 5.41) is 9.71. The van der Waals surface area contributed by atoms with Crippen molar-refractivity contribution in [2.45, 2.75) is 12.0 Å². The lowest BCUT2D eigenvalue weighted by Crippen LogP contribution is -2.19. The molecule has 0 unspecified atom stereocenters. The normalized spacial score (nSPS) is 16.7. The highest BCUT2D eigenvalue weighted by molar-refractivity contribution is 6.07. The number of phenols is 1. The molecule has 5 rings (SSSR count). The predicted octanol–water partition coefficient (Wildman–Crippen LogP) is 6.39. The van der Waals surface area contributed by atoms with Gasteiger partial charge in [0, 0.05) is 16.7 Å². The van der Waals surface area contributed by atoms with Crippen molar-refractivity contribution in [2.24, 2.45) is 0 Å². The van der Waals surface area contributed by atoms with Crippen molar-refractivity contribution in [2.75, 3.05) is 0 Å². The number of aromatic hydroxyl groups is 1. The third-order valence-corrected chi connectivity index (χ3v) is 5.97. The van der Waals surface area contributed by atoms with E-state index in [4.69, 9.17) is 4.74 Å². The number of carbonyl (C=O) groups excluding carboxylic acids is 2. The molecule has 166 valence electrons. The van der Waals surface area contributed by atoms with Gasteiger partial charge in [0.05, 0.1) is 5.92 Å². The van der Waals surface area contributed by atoms with E-state index < -0.39 is 12.0 Å². The Labute approximate surface area is 197 Å². The van der Waals surface area contributed by atoms with E-state index in [1.54, 1.807) is 60.7 Å². The monoisotopic (exact) mass is 446 g/mol. The first-order valence-electron chi connectivity index (χ1n) is 11.1. The number of fused-ring (bicyclic) bond motifs is 1. The van der Waals surface area contributed by atoms with Crippen LogP contribution < -0.4 is 4.74 Å². The number of phenolic OH excluding ortho intramolecular Hbond substituents is 1. The molecule has 1 N–H and O–H groups in total. The van der Waals surface area contributed by atoms with E-state index in [1.807, 2.05) is 54.6 Å². The SMILES string of the molecule is O=C(/C=C/c1ccc2c(c1)[C@H](C(=O)c1ccccc1)[C@@H](c1ccc(O)cc1)O2)c1ccccc1. The van der Waals surface area contributed by atoms with Crippen LogP contribution in [0.2, 0.25) is 0 Å². The van der Waals surface area contributed by atoms with Crippen molar-refractivity contribution in [3.63, 3.8) is 0 Å². The first kappa shape index (κ1) is 21.4. The zero-order valence-corrected chi connectivity index (χ0v) is 18.3. The van der Waals surface area contributed by atoms with E-state index in [9.17, 15) is 14.7 Å². The van der Waals surface area contributed by atoms with Crippen LogP contribution in [0.5, 0.6) is 11.5 Å².